The lowest BCUT2D eigenvalue weighted by molar-refractivity contribution is -0.143. The summed E-state index contributed by atoms with van der Waals surface area (Å²) in [4.78, 5) is 26.1. The number of hydrogen-bond donors (Lipinski definition) is 1. The zero-order valence-corrected chi connectivity index (χ0v) is 15.9. The van der Waals surface area contributed by atoms with E-state index in [2.05, 4.69) is 5.32 Å². The number of carbonyl (C=O) groups is 2. The molecule has 7 heteroatoms. The van der Waals surface area contributed by atoms with Crippen LogP contribution in [0.4, 0.5) is 4.39 Å². The van der Waals surface area contributed by atoms with Gasteiger partial charge in [0.05, 0.1) is 11.6 Å². The number of ether oxygens (including phenoxy) is 1. The number of piperidine rings is 1. The molecule has 1 aliphatic carbocycles. The van der Waals surface area contributed by atoms with Gasteiger partial charge in [-0.15, -0.1) is 0 Å². The molecule has 1 spiro atoms. The molecule has 4 rings (SSSR count). The van der Waals surface area contributed by atoms with Crippen LogP contribution >= 0.6 is 11.6 Å². The van der Waals surface area contributed by atoms with Crippen LogP contribution in [0.15, 0.2) is 18.2 Å². The molecule has 2 amide bonds. The van der Waals surface area contributed by atoms with Gasteiger partial charge in [0, 0.05) is 31.0 Å². The van der Waals surface area contributed by atoms with Crippen LogP contribution in [0.5, 0.6) is 5.75 Å². The normalized spacial score (nSPS) is 28.1. The maximum atomic E-state index is 13.1. The molecule has 0 atom stereocenters. The first-order chi connectivity index (χ1) is 12.9. The number of halogens is 2. The predicted octanol–water partition coefficient (Wildman–Crippen LogP) is 3.16. The summed E-state index contributed by atoms with van der Waals surface area (Å²) in [5.74, 6) is 0.862. The van der Waals surface area contributed by atoms with E-state index in [1.807, 2.05) is 4.90 Å². The van der Waals surface area contributed by atoms with Crippen LogP contribution in [0.25, 0.3) is 0 Å². The second-order valence-corrected chi connectivity index (χ2v) is 8.50. The van der Waals surface area contributed by atoms with E-state index < -0.39 is 0 Å². The number of likely N-dealkylation sites (tertiary alicyclic amines) is 1. The summed E-state index contributed by atoms with van der Waals surface area (Å²) >= 11 is 5.99. The number of rotatable bonds is 4. The van der Waals surface area contributed by atoms with Crippen molar-refractivity contribution in [2.24, 2.45) is 11.8 Å². The van der Waals surface area contributed by atoms with Crippen molar-refractivity contribution in [3.8, 4) is 5.75 Å². The summed E-state index contributed by atoms with van der Waals surface area (Å²) < 4.78 is 18.8. The topological polar surface area (TPSA) is 58.6 Å². The summed E-state index contributed by atoms with van der Waals surface area (Å²) in [6.07, 6.45) is 4.79. The number of benzene rings is 1. The van der Waals surface area contributed by atoms with Crippen LogP contribution in [0.3, 0.4) is 0 Å². The Bertz CT molecular complexity index is 743. The van der Waals surface area contributed by atoms with Gasteiger partial charge in [-0.1, -0.05) is 11.6 Å². The van der Waals surface area contributed by atoms with Crippen LogP contribution in [0, 0.1) is 17.7 Å². The molecule has 0 radical (unpaired) electrons. The lowest BCUT2D eigenvalue weighted by atomic mass is 9.67. The fraction of sp³-hybridized carbons (Fsp3) is 0.600. The van der Waals surface area contributed by atoms with E-state index in [4.69, 9.17) is 16.3 Å². The lowest BCUT2D eigenvalue weighted by Gasteiger charge is -2.46. The number of carbonyl (C=O) groups excluding carboxylic acids is 2. The smallest absolute Gasteiger partial charge is 0.225 e. The Kier molecular flexibility index (Phi) is 5.01. The van der Waals surface area contributed by atoms with Crippen molar-refractivity contribution in [3.05, 3.63) is 29.0 Å². The first kappa shape index (κ1) is 18.5. The van der Waals surface area contributed by atoms with Crippen LogP contribution < -0.4 is 10.1 Å². The van der Waals surface area contributed by atoms with E-state index in [9.17, 15) is 14.0 Å². The van der Waals surface area contributed by atoms with E-state index >= 15 is 0 Å². The quantitative estimate of drug-likeness (QED) is 0.853. The van der Waals surface area contributed by atoms with Crippen LogP contribution in [0.2, 0.25) is 5.02 Å². The third-order valence-corrected chi connectivity index (χ3v) is 6.45. The average molecular weight is 395 g/mol. The molecule has 1 aromatic rings. The molecule has 2 aliphatic heterocycles. The maximum Gasteiger partial charge on any atom is 0.225 e. The van der Waals surface area contributed by atoms with Gasteiger partial charge >= 0.3 is 0 Å². The largest absolute Gasteiger partial charge is 0.492 e. The Morgan fingerprint density at radius 3 is 2.70 bits per heavy atom. The van der Waals surface area contributed by atoms with E-state index in [-0.39, 0.29) is 34.1 Å². The summed E-state index contributed by atoms with van der Waals surface area (Å²) in [7, 11) is 0. The minimum absolute atomic E-state index is 0.0502. The summed E-state index contributed by atoms with van der Waals surface area (Å²) in [6, 6.07) is 4.13. The molecule has 0 bridgehead atoms. The third-order valence-electron chi connectivity index (χ3n) is 6.15. The molecule has 0 unspecified atom stereocenters. The molecule has 5 nitrogen and oxygen atoms in total. The average Bonchev–Trinajstić information content (AvgIpc) is 3.02. The van der Waals surface area contributed by atoms with E-state index in [0.29, 0.717) is 24.7 Å². The van der Waals surface area contributed by atoms with E-state index in [1.54, 1.807) is 6.07 Å². The third kappa shape index (κ3) is 3.91. The minimum Gasteiger partial charge on any atom is -0.492 e. The zero-order chi connectivity index (χ0) is 19.0. The molecular formula is C20H24ClFN2O3. The summed E-state index contributed by atoms with van der Waals surface area (Å²) in [6.45, 7) is 1.99. The summed E-state index contributed by atoms with van der Waals surface area (Å²) in [5.41, 5.74) is -0.0992. The van der Waals surface area contributed by atoms with Gasteiger partial charge in [-0.2, -0.15) is 0 Å². The van der Waals surface area contributed by atoms with Gasteiger partial charge in [-0.25, -0.2) is 4.39 Å². The Morgan fingerprint density at radius 1 is 1.33 bits per heavy atom. The van der Waals surface area contributed by atoms with Gasteiger partial charge in [0.15, 0.2) is 0 Å². The molecule has 1 saturated carbocycles. The fourth-order valence-corrected chi connectivity index (χ4v) is 4.74. The van der Waals surface area contributed by atoms with Crippen LogP contribution in [-0.4, -0.2) is 41.9 Å². The summed E-state index contributed by atoms with van der Waals surface area (Å²) in [5, 5.41) is 3.32. The number of nitrogens with one attached hydrogen (secondary N) is 1. The molecule has 146 valence electrons. The van der Waals surface area contributed by atoms with Crippen LogP contribution in [0.1, 0.15) is 38.5 Å². The second-order valence-electron chi connectivity index (χ2n) is 8.09. The standard InChI is InChI=1S/C20H24ClFN2O3/c21-16-9-15(22)1-2-17(16)27-12-13-4-7-24(8-5-13)19(26)14-10-20(11-14)6-3-18(25)23-20/h1-2,9,13-14H,3-8,10-12H2,(H,23,25)/t14-,20-. The monoisotopic (exact) mass is 394 g/mol. The second kappa shape index (κ2) is 7.30. The van der Waals surface area contributed by atoms with Gasteiger partial charge in [0.1, 0.15) is 11.6 Å². The zero-order valence-electron chi connectivity index (χ0n) is 15.2. The molecule has 0 aromatic heterocycles. The van der Waals surface area contributed by atoms with Crippen molar-refractivity contribution < 1.29 is 18.7 Å². The maximum absolute atomic E-state index is 13.1. The van der Waals surface area contributed by atoms with Crippen LogP contribution in [-0.2, 0) is 9.59 Å². The molecular weight excluding hydrogens is 371 g/mol. The van der Waals surface area contributed by atoms with Crippen molar-refractivity contribution in [1.82, 2.24) is 10.2 Å². The van der Waals surface area contributed by atoms with Crippen molar-refractivity contribution in [2.45, 2.75) is 44.1 Å². The van der Waals surface area contributed by atoms with Gasteiger partial charge in [-0.3, -0.25) is 9.59 Å². The first-order valence-corrected chi connectivity index (χ1v) is 10.00. The molecule has 2 heterocycles. The van der Waals surface area contributed by atoms with Gasteiger partial charge in [0.25, 0.3) is 0 Å². The van der Waals surface area contributed by atoms with Crippen molar-refractivity contribution in [1.29, 1.82) is 0 Å². The number of nitrogens with zero attached hydrogens (tertiary/aromatic N) is 1. The highest BCUT2D eigenvalue weighted by atomic mass is 35.5. The SMILES string of the molecule is O=C1CC[C@]2(C[C@@H](C(=O)N3CCC(COc4ccc(F)cc4Cl)CC3)C2)N1. The lowest BCUT2D eigenvalue weighted by Crippen LogP contribution is -2.57. The van der Waals surface area contributed by atoms with Crippen molar-refractivity contribution in [3.63, 3.8) is 0 Å². The Morgan fingerprint density at radius 2 is 2.07 bits per heavy atom. The van der Waals surface area contributed by atoms with Gasteiger partial charge < -0.3 is 15.0 Å². The number of amides is 2. The van der Waals surface area contributed by atoms with E-state index in [0.717, 1.165) is 45.2 Å². The number of hydrogen-bond acceptors (Lipinski definition) is 3. The highest BCUT2D eigenvalue weighted by Gasteiger charge is 2.51. The predicted molar refractivity (Wildman–Crippen MR) is 99.0 cm³/mol. The van der Waals surface area contributed by atoms with Gasteiger partial charge in [0.2, 0.25) is 11.8 Å². The molecule has 2 saturated heterocycles. The highest BCUT2D eigenvalue weighted by molar-refractivity contribution is 6.32. The molecule has 1 N–H and O–H groups in total. The van der Waals surface area contributed by atoms with Crippen molar-refractivity contribution >= 4 is 23.4 Å². The first-order valence-electron chi connectivity index (χ1n) is 9.62. The molecule has 1 aromatic carbocycles. The molecule has 27 heavy (non-hydrogen) atoms. The Labute approximate surface area is 163 Å². The highest BCUT2D eigenvalue weighted by Crippen LogP contribution is 2.45. The fourth-order valence-electron chi connectivity index (χ4n) is 4.52. The minimum atomic E-state index is -0.380. The molecule has 3 aliphatic rings. The Hall–Kier alpha value is -1.82. The Balaban J connectivity index is 1.21. The van der Waals surface area contributed by atoms with E-state index in [1.165, 1.54) is 12.1 Å². The molecule has 3 fully saturated rings. The van der Waals surface area contributed by atoms with Gasteiger partial charge in [-0.05, 0) is 56.2 Å². The van der Waals surface area contributed by atoms with Crippen molar-refractivity contribution in [2.75, 3.05) is 19.7 Å².